The van der Waals surface area contributed by atoms with Crippen molar-refractivity contribution in [3.63, 3.8) is 0 Å². The maximum Gasteiger partial charge on any atom is 0.362 e. The molecule has 0 heterocycles. The first-order chi connectivity index (χ1) is 8.46. The summed E-state index contributed by atoms with van der Waals surface area (Å²) in [5, 5.41) is 27.1. The number of hydrogen-bond acceptors (Lipinski definition) is 3. The summed E-state index contributed by atoms with van der Waals surface area (Å²) in [5.41, 5.74) is 0. The lowest BCUT2D eigenvalue weighted by Crippen LogP contribution is -2.51. The molecule has 3 unspecified atom stereocenters. The summed E-state index contributed by atoms with van der Waals surface area (Å²) in [6.07, 6.45) is -0.166. The standard InChI is InChI=1S/C12H21NO6/c1-7(10(14)15)5-8(11(16)17)6-9(12(18)19)13(2,3)4/h7-9H,5-6H2,1-4H3,(H2-,14,15,16,17,18,19)/p+1. The van der Waals surface area contributed by atoms with Crippen molar-refractivity contribution >= 4 is 17.9 Å². The minimum absolute atomic E-state index is 0.0750. The molecule has 3 N–H and O–H groups in total. The maximum absolute atomic E-state index is 11.2. The van der Waals surface area contributed by atoms with Gasteiger partial charge >= 0.3 is 17.9 Å². The number of carbonyl (C=O) groups is 3. The van der Waals surface area contributed by atoms with E-state index in [0.717, 1.165) is 0 Å². The van der Waals surface area contributed by atoms with Gasteiger partial charge in [-0.2, -0.15) is 0 Å². The quantitative estimate of drug-likeness (QED) is 0.551. The highest BCUT2D eigenvalue weighted by molar-refractivity contribution is 5.76. The van der Waals surface area contributed by atoms with Crippen molar-refractivity contribution in [2.45, 2.75) is 25.8 Å². The Hall–Kier alpha value is -1.63. The van der Waals surface area contributed by atoms with Crippen LogP contribution in [0.5, 0.6) is 0 Å². The second-order valence-corrected chi connectivity index (χ2v) is 5.72. The fraction of sp³-hybridized carbons (Fsp3) is 0.750. The van der Waals surface area contributed by atoms with Gasteiger partial charge in [0.05, 0.1) is 33.0 Å². The fourth-order valence-electron chi connectivity index (χ4n) is 1.84. The largest absolute Gasteiger partial charge is 0.481 e. The molecule has 0 fully saturated rings. The lowest BCUT2D eigenvalue weighted by Gasteiger charge is -2.32. The van der Waals surface area contributed by atoms with Crippen LogP contribution in [0.4, 0.5) is 0 Å². The summed E-state index contributed by atoms with van der Waals surface area (Å²) in [7, 11) is 5.00. The number of carboxylic acid groups (broad SMARTS) is 3. The molecule has 0 aliphatic carbocycles. The van der Waals surface area contributed by atoms with Crippen LogP contribution in [0, 0.1) is 11.8 Å². The summed E-state index contributed by atoms with van der Waals surface area (Å²) < 4.78 is 0.0839. The van der Waals surface area contributed by atoms with Gasteiger partial charge in [-0.3, -0.25) is 9.59 Å². The molecule has 0 aromatic heterocycles. The zero-order chi connectivity index (χ0) is 15.4. The van der Waals surface area contributed by atoms with E-state index in [-0.39, 0.29) is 17.3 Å². The number of likely N-dealkylation sites (N-methyl/N-ethyl adjacent to an activating group) is 1. The van der Waals surface area contributed by atoms with Crippen LogP contribution in [0.1, 0.15) is 19.8 Å². The molecule has 7 nitrogen and oxygen atoms in total. The fourth-order valence-corrected chi connectivity index (χ4v) is 1.84. The molecular weight excluding hydrogens is 254 g/mol. The van der Waals surface area contributed by atoms with E-state index in [1.54, 1.807) is 21.1 Å². The monoisotopic (exact) mass is 276 g/mol. The molecule has 19 heavy (non-hydrogen) atoms. The van der Waals surface area contributed by atoms with Crippen molar-refractivity contribution in [2.24, 2.45) is 11.8 Å². The van der Waals surface area contributed by atoms with E-state index in [4.69, 9.17) is 15.3 Å². The van der Waals surface area contributed by atoms with Gasteiger partial charge in [-0.25, -0.2) is 4.79 Å². The summed E-state index contributed by atoms with van der Waals surface area (Å²) >= 11 is 0. The Morgan fingerprint density at radius 2 is 1.37 bits per heavy atom. The lowest BCUT2D eigenvalue weighted by molar-refractivity contribution is -0.887. The Balaban J connectivity index is 4.96. The third kappa shape index (κ3) is 5.69. The summed E-state index contributed by atoms with van der Waals surface area (Å²) in [6, 6.07) is -0.887. The van der Waals surface area contributed by atoms with E-state index in [2.05, 4.69) is 0 Å². The first kappa shape index (κ1) is 17.4. The van der Waals surface area contributed by atoms with Gasteiger partial charge in [0.1, 0.15) is 0 Å². The molecule has 0 saturated heterocycles. The predicted molar refractivity (Wildman–Crippen MR) is 66.6 cm³/mol. The van der Waals surface area contributed by atoms with E-state index in [1.165, 1.54) is 6.92 Å². The van der Waals surface area contributed by atoms with E-state index < -0.39 is 35.8 Å². The Morgan fingerprint density at radius 3 is 1.63 bits per heavy atom. The van der Waals surface area contributed by atoms with Gasteiger partial charge < -0.3 is 19.8 Å². The highest BCUT2D eigenvalue weighted by Crippen LogP contribution is 2.22. The molecular formula is C12H22NO6+. The van der Waals surface area contributed by atoms with Crippen molar-refractivity contribution in [1.82, 2.24) is 0 Å². The Bertz CT molecular complexity index is 360. The number of quaternary nitrogens is 1. The molecule has 0 bridgehead atoms. The Kier molecular flexibility index (Phi) is 5.95. The Labute approximate surface area is 112 Å². The van der Waals surface area contributed by atoms with E-state index in [0.29, 0.717) is 0 Å². The minimum atomic E-state index is -1.16. The number of hydrogen-bond donors (Lipinski definition) is 3. The van der Waals surface area contributed by atoms with Crippen molar-refractivity contribution in [2.75, 3.05) is 21.1 Å². The van der Waals surface area contributed by atoms with E-state index in [9.17, 15) is 14.4 Å². The lowest BCUT2D eigenvalue weighted by atomic mass is 9.89. The molecule has 0 aromatic rings. The molecule has 0 spiro atoms. The average molecular weight is 276 g/mol. The number of nitrogens with zero attached hydrogens (tertiary/aromatic N) is 1. The van der Waals surface area contributed by atoms with Crippen LogP contribution in [-0.2, 0) is 14.4 Å². The number of carboxylic acids is 3. The van der Waals surface area contributed by atoms with Gasteiger partial charge in [0.25, 0.3) is 0 Å². The first-order valence-electron chi connectivity index (χ1n) is 5.96. The summed E-state index contributed by atoms with van der Waals surface area (Å²) in [5.74, 6) is -5.12. The van der Waals surface area contributed by atoms with Crippen LogP contribution in [-0.4, -0.2) is 64.9 Å². The summed E-state index contributed by atoms with van der Waals surface area (Å²) in [4.78, 5) is 33.1. The van der Waals surface area contributed by atoms with Crippen molar-refractivity contribution in [1.29, 1.82) is 0 Å². The molecule has 3 atom stereocenters. The predicted octanol–water partition coefficient (Wildman–Crippen LogP) is 0.348. The normalized spacial score (nSPS) is 16.4. The second-order valence-electron chi connectivity index (χ2n) is 5.72. The molecule has 0 saturated carbocycles. The molecule has 0 aliphatic rings. The Morgan fingerprint density at radius 1 is 0.895 bits per heavy atom. The van der Waals surface area contributed by atoms with Crippen LogP contribution in [0.2, 0.25) is 0 Å². The van der Waals surface area contributed by atoms with Gasteiger partial charge in [0.2, 0.25) is 0 Å². The highest BCUT2D eigenvalue weighted by Gasteiger charge is 2.37. The number of aliphatic carboxylic acids is 3. The second kappa shape index (κ2) is 6.51. The van der Waals surface area contributed by atoms with Gasteiger partial charge in [-0.1, -0.05) is 6.92 Å². The topological polar surface area (TPSA) is 112 Å². The zero-order valence-electron chi connectivity index (χ0n) is 11.7. The minimum Gasteiger partial charge on any atom is -0.481 e. The van der Waals surface area contributed by atoms with Gasteiger partial charge in [0.15, 0.2) is 6.04 Å². The van der Waals surface area contributed by atoms with Gasteiger partial charge in [-0.15, -0.1) is 0 Å². The third-order valence-corrected chi connectivity index (χ3v) is 3.14. The van der Waals surface area contributed by atoms with E-state index >= 15 is 0 Å². The molecule has 0 aromatic carbocycles. The molecule has 0 rings (SSSR count). The molecule has 7 heteroatoms. The third-order valence-electron chi connectivity index (χ3n) is 3.14. The van der Waals surface area contributed by atoms with Crippen LogP contribution >= 0.6 is 0 Å². The van der Waals surface area contributed by atoms with Crippen LogP contribution < -0.4 is 0 Å². The van der Waals surface area contributed by atoms with Crippen LogP contribution in [0.15, 0.2) is 0 Å². The SMILES string of the molecule is CC(CC(CC(C(=O)O)[N+](C)(C)C)C(=O)O)C(=O)O. The van der Waals surface area contributed by atoms with Crippen molar-refractivity contribution < 1.29 is 34.2 Å². The zero-order valence-corrected chi connectivity index (χ0v) is 11.7. The van der Waals surface area contributed by atoms with Gasteiger partial charge in [0, 0.05) is 6.42 Å². The van der Waals surface area contributed by atoms with Gasteiger partial charge in [-0.05, 0) is 6.42 Å². The van der Waals surface area contributed by atoms with Crippen LogP contribution in [0.25, 0.3) is 0 Å². The van der Waals surface area contributed by atoms with Crippen molar-refractivity contribution in [3.8, 4) is 0 Å². The first-order valence-corrected chi connectivity index (χ1v) is 5.96. The average Bonchev–Trinajstić information content (AvgIpc) is 2.20. The maximum atomic E-state index is 11.2. The van der Waals surface area contributed by atoms with E-state index in [1.807, 2.05) is 0 Å². The highest BCUT2D eigenvalue weighted by atomic mass is 16.4. The number of rotatable bonds is 8. The summed E-state index contributed by atoms with van der Waals surface area (Å²) in [6.45, 7) is 1.42. The molecule has 110 valence electrons. The molecule has 0 amide bonds. The van der Waals surface area contributed by atoms with Crippen LogP contribution in [0.3, 0.4) is 0 Å². The van der Waals surface area contributed by atoms with Crippen molar-refractivity contribution in [3.05, 3.63) is 0 Å². The molecule has 0 radical (unpaired) electrons. The molecule has 0 aliphatic heterocycles. The smallest absolute Gasteiger partial charge is 0.362 e.